The molecule has 1 aromatic heterocycles. The van der Waals surface area contributed by atoms with Gasteiger partial charge in [-0.3, -0.25) is 9.59 Å². The van der Waals surface area contributed by atoms with E-state index in [2.05, 4.69) is 10.3 Å². The van der Waals surface area contributed by atoms with Crippen LogP contribution >= 0.6 is 0 Å². The van der Waals surface area contributed by atoms with Crippen LogP contribution in [-0.4, -0.2) is 55.3 Å². The van der Waals surface area contributed by atoms with Crippen LogP contribution in [0.4, 0.5) is 5.82 Å². The minimum absolute atomic E-state index is 0.157. The van der Waals surface area contributed by atoms with Gasteiger partial charge in [0.15, 0.2) is 0 Å². The van der Waals surface area contributed by atoms with Gasteiger partial charge in [-0.05, 0) is 38.3 Å². The van der Waals surface area contributed by atoms with Gasteiger partial charge in [0.1, 0.15) is 5.82 Å². The minimum atomic E-state index is -0.811. The van der Waals surface area contributed by atoms with E-state index in [1.54, 1.807) is 19.2 Å². The maximum atomic E-state index is 11.8. The lowest BCUT2D eigenvalue weighted by Gasteiger charge is -2.40. The first-order valence-corrected chi connectivity index (χ1v) is 8.24. The summed E-state index contributed by atoms with van der Waals surface area (Å²) in [6, 6.07) is 3.50. The number of carbonyl (C=O) groups is 2. The van der Waals surface area contributed by atoms with E-state index in [1.807, 2.05) is 11.8 Å². The summed E-state index contributed by atoms with van der Waals surface area (Å²) in [7, 11) is 1.58. The van der Waals surface area contributed by atoms with E-state index in [4.69, 9.17) is 4.74 Å². The third-order valence-electron chi connectivity index (χ3n) is 4.49. The van der Waals surface area contributed by atoms with Gasteiger partial charge in [-0.25, -0.2) is 4.98 Å². The van der Waals surface area contributed by atoms with E-state index in [-0.39, 0.29) is 5.91 Å². The highest BCUT2D eigenvalue weighted by molar-refractivity contribution is 5.94. The Morgan fingerprint density at radius 2 is 2.25 bits per heavy atom. The third kappa shape index (κ3) is 4.03. The first kappa shape index (κ1) is 18.2. The van der Waals surface area contributed by atoms with Gasteiger partial charge in [-0.1, -0.05) is 0 Å². The zero-order valence-corrected chi connectivity index (χ0v) is 14.2. The Kier molecular flexibility index (Phi) is 6.14. The fourth-order valence-corrected chi connectivity index (χ4v) is 3.08. The molecular weight excluding hydrogens is 310 g/mol. The van der Waals surface area contributed by atoms with E-state index in [0.29, 0.717) is 43.9 Å². The third-order valence-corrected chi connectivity index (χ3v) is 4.49. The Morgan fingerprint density at radius 3 is 2.83 bits per heavy atom. The second-order valence-electron chi connectivity index (χ2n) is 6.12. The lowest BCUT2D eigenvalue weighted by molar-refractivity contribution is -0.150. The molecule has 1 aliphatic heterocycles. The second-order valence-corrected chi connectivity index (χ2v) is 6.12. The van der Waals surface area contributed by atoms with Crippen LogP contribution in [0.1, 0.15) is 36.5 Å². The Balaban J connectivity index is 2.13. The van der Waals surface area contributed by atoms with Crippen molar-refractivity contribution in [2.45, 2.75) is 26.2 Å². The molecule has 7 nitrogen and oxygen atoms in total. The van der Waals surface area contributed by atoms with Crippen LogP contribution in [0.5, 0.6) is 0 Å². The highest BCUT2D eigenvalue weighted by Crippen LogP contribution is 2.35. The smallest absolute Gasteiger partial charge is 0.311 e. The molecule has 1 amide bonds. The highest BCUT2D eigenvalue weighted by atomic mass is 16.5. The predicted molar refractivity (Wildman–Crippen MR) is 90.3 cm³/mol. The Labute approximate surface area is 142 Å². The summed E-state index contributed by atoms with van der Waals surface area (Å²) in [4.78, 5) is 29.9. The Bertz CT molecular complexity index is 576. The summed E-state index contributed by atoms with van der Waals surface area (Å²) in [5.41, 5.74) is -0.310. The number of carboxylic acids is 1. The minimum Gasteiger partial charge on any atom is -0.481 e. The number of rotatable bonds is 7. The molecule has 1 aliphatic rings. The molecule has 132 valence electrons. The molecule has 0 aromatic carbocycles. The van der Waals surface area contributed by atoms with E-state index in [1.165, 1.54) is 6.20 Å². The average molecular weight is 335 g/mol. The summed E-state index contributed by atoms with van der Waals surface area (Å²) >= 11 is 0. The number of hydrogen-bond donors (Lipinski definition) is 2. The van der Waals surface area contributed by atoms with Crippen molar-refractivity contribution >= 4 is 17.7 Å². The van der Waals surface area contributed by atoms with Gasteiger partial charge < -0.3 is 20.1 Å². The van der Waals surface area contributed by atoms with Crippen LogP contribution in [0, 0.1) is 5.41 Å². The van der Waals surface area contributed by atoms with Crippen molar-refractivity contribution in [2.24, 2.45) is 5.41 Å². The predicted octanol–water partition coefficient (Wildman–Crippen LogP) is 1.54. The molecule has 0 spiro atoms. The molecule has 0 radical (unpaired) electrons. The SMILES string of the molecule is CCNC(=O)c1ccc(N2CCCC(CCOC)(C(=O)O)C2)nc1. The summed E-state index contributed by atoms with van der Waals surface area (Å²) < 4.78 is 5.08. The monoisotopic (exact) mass is 335 g/mol. The molecule has 1 unspecified atom stereocenters. The molecule has 0 saturated carbocycles. The Hall–Kier alpha value is -2.15. The van der Waals surface area contributed by atoms with Crippen LogP contribution in [0.25, 0.3) is 0 Å². The number of carbonyl (C=O) groups excluding carboxylic acids is 1. The zero-order valence-electron chi connectivity index (χ0n) is 14.2. The van der Waals surface area contributed by atoms with E-state index < -0.39 is 11.4 Å². The van der Waals surface area contributed by atoms with E-state index >= 15 is 0 Å². The molecule has 1 atom stereocenters. The fourth-order valence-electron chi connectivity index (χ4n) is 3.08. The second kappa shape index (κ2) is 8.10. The molecule has 1 saturated heterocycles. The van der Waals surface area contributed by atoms with Crippen LogP contribution in [0.3, 0.4) is 0 Å². The topological polar surface area (TPSA) is 91.8 Å². The molecular formula is C17H25N3O4. The van der Waals surface area contributed by atoms with Crippen LogP contribution in [0.15, 0.2) is 18.3 Å². The normalized spacial score (nSPS) is 20.7. The number of aromatic nitrogens is 1. The molecule has 0 aliphatic carbocycles. The molecule has 2 rings (SSSR count). The van der Waals surface area contributed by atoms with Gasteiger partial charge in [0.25, 0.3) is 5.91 Å². The number of amides is 1. The zero-order chi connectivity index (χ0) is 17.6. The maximum absolute atomic E-state index is 11.8. The molecule has 2 heterocycles. The van der Waals surface area contributed by atoms with Gasteiger partial charge in [0.05, 0.1) is 11.0 Å². The number of hydrogen-bond acceptors (Lipinski definition) is 5. The molecule has 1 fully saturated rings. The summed E-state index contributed by atoms with van der Waals surface area (Å²) in [5.74, 6) is -0.246. The largest absolute Gasteiger partial charge is 0.481 e. The van der Waals surface area contributed by atoms with Gasteiger partial charge in [-0.2, -0.15) is 0 Å². The summed E-state index contributed by atoms with van der Waals surface area (Å²) in [6.07, 6.45) is 3.44. The lowest BCUT2D eigenvalue weighted by atomic mass is 9.77. The van der Waals surface area contributed by atoms with Crippen molar-refractivity contribution in [2.75, 3.05) is 38.3 Å². The quantitative estimate of drug-likeness (QED) is 0.785. The summed E-state index contributed by atoms with van der Waals surface area (Å²) in [6.45, 7) is 4.00. The van der Waals surface area contributed by atoms with E-state index in [9.17, 15) is 14.7 Å². The van der Waals surface area contributed by atoms with Gasteiger partial charge in [0.2, 0.25) is 0 Å². The number of anilines is 1. The number of aliphatic carboxylic acids is 1. The molecule has 2 N–H and O–H groups in total. The van der Waals surface area contributed by atoms with Gasteiger partial charge in [-0.15, -0.1) is 0 Å². The Morgan fingerprint density at radius 1 is 1.46 bits per heavy atom. The standard InChI is InChI=1S/C17H25N3O4/c1-3-18-15(21)13-5-6-14(19-11-13)20-9-4-7-17(12-20,16(22)23)8-10-24-2/h5-6,11H,3-4,7-10,12H2,1-2H3,(H,18,21)(H,22,23). The first-order chi connectivity index (χ1) is 11.5. The van der Waals surface area contributed by atoms with E-state index in [0.717, 1.165) is 13.0 Å². The fraction of sp³-hybridized carbons (Fsp3) is 0.588. The van der Waals surface area contributed by atoms with Crippen molar-refractivity contribution in [1.82, 2.24) is 10.3 Å². The van der Waals surface area contributed by atoms with Gasteiger partial charge in [0, 0.05) is 39.5 Å². The summed E-state index contributed by atoms with van der Waals surface area (Å²) in [5, 5.41) is 12.4. The number of methoxy groups -OCH3 is 1. The number of carboxylic acid groups (broad SMARTS) is 1. The van der Waals surface area contributed by atoms with Crippen molar-refractivity contribution in [3.63, 3.8) is 0 Å². The van der Waals surface area contributed by atoms with Crippen molar-refractivity contribution < 1.29 is 19.4 Å². The number of pyridine rings is 1. The highest BCUT2D eigenvalue weighted by Gasteiger charge is 2.42. The molecule has 24 heavy (non-hydrogen) atoms. The van der Waals surface area contributed by atoms with Crippen LogP contribution in [0.2, 0.25) is 0 Å². The number of nitrogens with one attached hydrogen (secondary N) is 1. The van der Waals surface area contributed by atoms with Crippen molar-refractivity contribution in [3.8, 4) is 0 Å². The molecule has 7 heteroatoms. The molecule has 1 aromatic rings. The van der Waals surface area contributed by atoms with Crippen LogP contribution in [-0.2, 0) is 9.53 Å². The van der Waals surface area contributed by atoms with Gasteiger partial charge >= 0.3 is 5.97 Å². The number of nitrogens with zero attached hydrogens (tertiary/aromatic N) is 2. The average Bonchev–Trinajstić information content (AvgIpc) is 2.60. The van der Waals surface area contributed by atoms with Crippen LogP contribution < -0.4 is 10.2 Å². The number of ether oxygens (including phenoxy) is 1. The van der Waals surface area contributed by atoms with Crippen molar-refractivity contribution in [1.29, 1.82) is 0 Å². The maximum Gasteiger partial charge on any atom is 0.311 e. The molecule has 0 bridgehead atoms. The number of piperidine rings is 1. The lowest BCUT2D eigenvalue weighted by Crippen LogP contribution is -2.48. The first-order valence-electron chi connectivity index (χ1n) is 8.24. The van der Waals surface area contributed by atoms with Crippen molar-refractivity contribution in [3.05, 3.63) is 23.9 Å².